The minimum absolute atomic E-state index is 0.0741. The zero-order valence-electron chi connectivity index (χ0n) is 16.3. The second-order valence-electron chi connectivity index (χ2n) is 6.23. The molecular formula is C19H19Cl3N2O5S. The molecule has 1 N–H and O–H groups in total. The number of benzene rings is 2. The first kappa shape index (κ1) is 24.3. The Morgan fingerprint density at radius 2 is 1.77 bits per heavy atom. The van der Waals surface area contributed by atoms with E-state index in [9.17, 15) is 18.0 Å². The van der Waals surface area contributed by atoms with Crippen LogP contribution in [0.25, 0.3) is 0 Å². The fourth-order valence-corrected chi connectivity index (χ4v) is 4.51. The molecule has 0 spiro atoms. The number of ether oxygens (including phenoxy) is 1. The molecule has 0 radical (unpaired) electrons. The maximum Gasteiger partial charge on any atom is 0.339 e. The van der Waals surface area contributed by atoms with E-state index in [-0.39, 0.29) is 38.6 Å². The average molecular weight is 494 g/mol. The van der Waals surface area contributed by atoms with Gasteiger partial charge in [0.05, 0.1) is 34.2 Å². The molecule has 2 aromatic carbocycles. The number of anilines is 2. The summed E-state index contributed by atoms with van der Waals surface area (Å²) < 4.78 is 30.6. The highest BCUT2D eigenvalue weighted by atomic mass is 35.5. The predicted molar refractivity (Wildman–Crippen MR) is 119 cm³/mol. The first-order valence-corrected chi connectivity index (χ1v) is 11.7. The van der Waals surface area contributed by atoms with Crippen LogP contribution >= 0.6 is 34.8 Å². The van der Waals surface area contributed by atoms with Gasteiger partial charge in [-0.15, -0.1) is 0 Å². The van der Waals surface area contributed by atoms with E-state index < -0.39 is 27.9 Å². The van der Waals surface area contributed by atoms with Crippen LogP contribution in [0.15, 0.2) is 36.4 Å². The highest BCUT2D eigenvalue weighted by Gasteiger charge is 2.31. The van der Waals surface area contributed by atoms with Gasteiger partial charge in [0.25, 0.3) is 0 Å². The summed E-state index contributed by atoms with van der Waals surface area (Å²) in [6, 6.07) is 7.37. The van der Waals surface area contributed by atoms with Crippen molar-refractivity contribution < 1.29 is 22.7 Å². The maximum absolute atomic E-state index is 12.8. The third-order valence-corrected chi connectivity index (χ3v) is 6.06. The number of hydrogen-bond donors (Lipinski definition) is 1. The summed E-state index contributed by atoms with van der Waals surface area (Å²) in [5.74, 6) is -1.23. The molecule has 0 unspecified atom stereocenters. The monoisotopic (exact) mass is 492 g/mol. The lowest BCUT2D eigenvalue weighted by molar-refractivity contribution is -0.116. The van der Waals surface area contributed by atoms with E-state index in [1.54, 1.807) is 6.92 Å². The molecule has 0 bridgehead atoms. The van der Waals surface area contributed by atoms with Gasteiger partial charge in [0, 0.05) is 10.7 Å². The van der Waals surface area contributed by atoms with Crippen molar-refractivity contribution >= 4 is 68.1 Å². The molecule has 11 heteroatoms. The minimum atomic E-state index is -3.88. The molecular weight excluding hydrogens is 475 g/mol. The number of carbonyl (C=O) groups excluding carboxylic acids is 2. The van der Waals surface area contributed by atoms with Gasteiger partial charge in [-0.1, -0.05) is 34.8 Å². The average Bonchev–Trinajstić information content (AvgIpc) is 2.63. The summed E-state index contributed by atoms with van der Waals surface area (Å²) in [5.41, 5.74) is 0.494. The molecule has 0 aliphatic carbocycles. The molecule has 2 aromatic rings. The predicted octanol–water partition coefficient (Wildman–Crippen LogP) is 4.62. The van der Waals surface area contributed by atoms with Crippen LogP contribution in [0.2, 0.25) is 15.1 Å². The van der Waals surface area contributed by atoms with Gasteiger partial charge in [-0.3, -0.25) is 9.10 Å². The lowest BCUT2D eigenvalue weighted by Crippen LogP contribution is -2.45. The zero-order chi connectivity index (χ0) is 22.6. The molecule has 0 aliphatic heterocycles. The Hall–Kier alpha value is -2.00. The van der Waals surface area contributed by atoms with Gasteiger partial charge in [-0.05, 0) is 50.2 Å². The first-order valence-electron chi connectivity index (χ1n) is 8.67. The second kappa shape index (κ2) is 9.87. The summed E-state index contributed by atoms with van der Waals surface area (Å²) in [6.45, 7) is 3.27. The van der Waals surface area contributed by atoms with Crippen LogP contribution in [-0.2, 0) is 19.6 Å². The third kappa shape index (κ3) is 5.78. The van der Waals surface area contributed by atoms with E-state index in [4.69, 9.17) is 39.5 Å². The standard InChI is InChI=1S/C19H19Cl3N2O5S/c1-4-29-19(26)14-7-6-13(10-16(14)22)23-18(25)11(2)24(30(3,27)28)17-9-12(20)5-8-15(17)21/h5-11H,4H2,1-3H3,(H,23,25)/t11-/m0/s1. The number of nitrogens with zero attached hydrogens (tertiary/aromatic N) is 1. The Balaban J connectivity index is 2.31. The number of sulfonamides is 1. The summed E-state index contributed by atoms with van der Waals surface area (Å²) >= 11 is 18.2. The van der Waals surface area contributed by atoms with E-state index in [2.05, 4.69) is 5.32 Å². The number of amides is 1. The first-order chi connectivity index (χ1) is 14.0. The molecule has 0 saturated heterocycles. The summed E-state index contributed by atoms with van der Waals surface area (Å²) in [4.78, 5) is 24.6. The molecule has 0 aliphatic rings. The maximum atomic E-state index is 12.8. The van der Waals surface area contributed by atoms with Crippen LogP contribution in [0.5, 0.6) is 0 Å². The molecule has 2 rings (SSSR count). The minimum Gasteiger partial charge on any atom is -0.462 e. The molecule has 1 amide bonds. The molecule has 162 valence electrons. The van der Waals surface area contributed by atoms with Crippen molar-refractivity contribution in [2.45, 2.75) is 19.9 Å². The number of nitrogens with one attached hydrogen (secondary N) is 1. The van der Waals surface area contributed by atoms with Gasteiger partial charge in [0.15, 0.2) is 0 Å². The summed E-state index contributed by atoms with van der Waals surface area (Å²) in [5, 5.41) is 3.04. The van der Waals surface area contributed by atoms with Crippen molar-refractivity contribution in [1.29, 1.82) is 0 Å². The van der Waals surface area contributed by atoms with Crippen LogP contribution in [0.3, 0.4) is 0 Å². The molecule has 1 atom stereocenters. The van der Waals surface area contributed by atoms with E-state index in [0.717, 1.165) is 10.6 Å². The molecule has 7 nitrogen and oxygen atoms in total. The number of carbonyl (C=O) groups is 2. The van der Waals surface area contributed by atoms with Crippen molar-refractivity contribution in [1.82, 2.24) is 0 Å². The zero-order valence-corrected chi connectivity index (χ0v) is 19.4. The van der Waals surface area contributed by atoms with E-state index in [1.165, 1.54) is 43.3 Å². The second-order valence-corrected chi connectivity index (χ2v) is 9.35. The van der Waals surface area contributed by atoms with Gasteiger partial charge in [-0.2, -0.15) is 0 Å². The number of rotatable bonds is 7. The fraction of sp³-hybridized carbons (Fsp3) is 0.263. The van der Waals surface area contributed by atoms with Gasteiger partial charge >= 0.3 is 5.97 Å². The van der Waals surface area contributed by atoms with Gasteiger partial charge in [-0.25, -0.2) is 13.2 Å². The van der Waals surface area contributed by atoms with Crippen LogP contribution in [-0.4, -0.2) is 39.2 Å². The highest BCUT2D eigenvalue weighted by Crippen LogP contribution is 2.32. The molecule has 0 heterocycles. The van der Waals surface area contributed by atoms with E-state index >= 15 is 0 Å². The topological polar surface area (TPSA) is 92.8 Å². The largest absolute Gasteiger partial charge is 0.462 e. The summed E-state index contributed by atoms with van der Waals surface area (Å²) in [7, 11) is -3.88. The lowest BCUT2D eigenvalue weighted by atomic mass is 10.2. The molecule has 30 heavy (non-hydrogen) atoms. The fourth-order valence-electron chi connectivity index (χ4n) is 2.65. The Morgan fingerprint density at radius 1 is 1.10 bits per heavy atom. The Bertz CT molecular complexity index is 1080. The van der Waals surface area contributed by atoms with E-state index in [0.29, 0.717) is 0 Å². The third-order valence-electron chi connectivity index (χ3n) is 3.97. The highest BCUT2D eigenvalue weighted by molar-refractivity contribution is 7.92. The van der Waals surface area contributed by atoms with Gasteiger partial charge < -0.3 is 10.1 Å². The molecule has 0 aromatic heterocycles. The molecule has 0 fully saturated rings. The number of hydrogen-bond acceptors (Lipinski definition) is 5. The summed E-state index contributed by atoms with van der Waals surface area (Å²) in [6.07, 6.45) is 0.957. The van der Waals surface area contributed by atoms with Crippen LogP contribution < -0.4 is 9.62 Å². The van der Waals surface area contributed by atoms with Crippen LogP contribution in [0, 0.1) is 0 Å². The quantitative estimate of drug-likeness (QED) is 0.568. The smallest absolute Gasteiger partial charge is 0.339 e. The van der Waals surface area contributed by atoms with Crippen molar-refractivity contribution in [2.75, 3.05) is 22.5 Å². The van der Waals surface area contributed by atoms with Gasteiger partial charge in [0.1, 0.15) is 6.04 Å². The SMILES string of the molecule is CCOC(=O)c1ccc(NC(=O)[C@H](C)N(c2cc(Cl)ccc2Cl)S(C)(=O)=O)cc1Cl. The number of halogens is 3. The van der Waals surface area contributed by atoms with Crippen molar-refractivity contribution in [3.8, 4) is 0 Å². The normalized spacial score (nSPS) is 12.2. The van der Waals surface area contributed by atoms with Crippen molar-refractivity contribution in [3.05, 3.63) is 57.0 Å². The van der Waals surface area contributed by atoms with E-state index in [1.807, 2.05) is 0 Å². The van der Waals surface area contributed by atoms with Gasteiger partial charge in [0.2, 0.25) is 15.9 Å². The Kier molecular flexibility index (Phi) is 7.99. The van der Waals surface area contributed by atoms with Crippen LogP contribution in [0.1, 0.15) is 24.2 Å². The Labute approximate surface area is 189 Å². The van der Waals surface area contributed by atoms with Crippen molar-refractivity contribution in [2.24, 2.45) is 0 Å². The van der Waals surface area contributed by atoms with Crippen LogP contribution in [0.4, 0.5) is 11.4 Å². The number of esters is 1. The Morgan fingerprint density at radius 3 is 2.33 bits per heavy atom. The van der Waals surface area contributed by atoms with Crippen molar-refractivity contribution in [3.63, 3.8) is 0 Å². The molecule has 0 saturated carbocycles. The lowest BCUT2D eigenvalue weighted by Gasteiger charge is -2.29.